The molecule has 18 heavy (non-hydrogen) atoms. The zero-order chi connectivity index (χ0) is 13.8. The van der Waals surface area contributed by atoms with E-state index in [0.717, 1.165) is 26.2 Å². The van der Waals surface area contributed by atoms with Crippen LogP contribution in [0.15, 0.2) is 4.99 Å². The lowest BCUT2D eigenvalue weighted by molar-refractivity contribution is -0.138. The number of piperazine rings is 1. The minimum Gasteiger partial charge on any atom is -0.480 e. The molecule has 8 heteroatoms. The molecule has 0 aromatic heterocycles. The van der Waals surface area contributed by atoms with Gasteiger partial charge in [0.1, 0.15) is 6.04 Å². The van der Waals surface area contributed by atoms with Crippen LogP contribution in [0.3, 0.4) is 0 Å². The maximum atomic E-state index is 10.2. The summed E-state index contributed by atoms with van der Waals surface area (Å²) in [4.78, 5) is 13.9. The fourth-order valence-corrected chi connectivity index (χ4v) is 1.25. The number of nitrogens with zero attached hydrogens (tertiary/aromatic N) is 1. The van der Waals surface area contributed by atoms with Crippen LogP contribution in [0.4, 0.5) is 0 Å². The van der Waals surface area contributed by atoms with E-state index in [9.17, 15) is 4.79 Å². The van der Waals surface area contributed by atoms with E-state index in [1.807, 2.05) is 0 Å². The summed E-state index contributed by atoms with van der Waals surface area (Å²) in [6.07, 6.45) is 0.956. The molecule has 0 amide bonds. The van der Waals surface area contributed by atoms with Gasteiger partial charge in [-0.3, -0.25) is 9.79 Å². The molecule has 1 aliphatic heterocycles. The Kier molecular flexibility index (Phi) is 9.93. The minimum atomic E-state index is -1.00. The standard InChI is InChI=1S/C6H14N4O2.C4H10N2/c7-4(5(11)12)2-1-3-10-6(8)9;1-2-6-4-3-5-1/h4H,1-3,7H2,(H,11,12)(H4,8,9,10);5-6H,1-4H2/t4-;/m0./s1. The van der Waals surface area contributed by atoms with Crippen LogP contribution in [0.1, 0.15) is 12.8 Å². The van der Waals surface area contributed by atoms with Gasteiger partial charge in [0.25, 0.3) is 0 Å². The number of carbonyl (C=O) groups is 1. The number of hydrogen-bond acceptors (Lipinski definition) is 5. The molecule has 9 N–H and O–H groups in total. The number of nitrogens with one attached hydrogen (secondary N) is 2. The fourth-order valence-electron chi connectivity index (χ4n) is 1.25. The Morgan fingerprint density at radius 1 is 1.22 bits per heavy atom. The van der Waals surface area contributed by atoms with E-state index < -0.39 is 12.0 Å². The van der Waals surface area contributed by atoms with E-state index in [2.05, 4.69) is 15.6 Å². The first-order valence-electron chi connectivity index (χ1n) is 5.99. The number of nitrogens with two attached hydrogens (primary N) is 3. The summed E-state index contributed by atoms with van der Waals surface area (Å²) < 4.78 is 0. The molecule has 1 saturated heterocycles. The number of aliphatic carboxylic acids is 1. The number of carboxylic acid groups (broad SMARTS) is 1. The zero-order valence-corrected chi connectivity index (χ0v) is 10.6. The first-order chi connectivity index (χ1) is 8.54. The average Bonchev–Trinajstić information content (AvgIpc) is 2.37. The van der Waals surface area contributed by atoms with Crippen LogP contribution in [0.2, 0.25) is 0 Å². The summed E-state index contributed by atoms with van der Waals surface area (Å²) in [5, 5.41) is 14.8. The van der Waals surface area contributed by atoms with Crippen molar-refractivity contribution in [2.75, 3.05) is 32.7 Å². The zero-order valence-electron chi connectivity index (χ0n) is 10.6. The van der Waals surface area contributed by atoms with E-state index >= 15 is 0 Å². The molecule has 1 fully saturated rings. The highest BCUT2D eigenvalue weighted by atomic mass is 16.4. The van der Waals surface area contributed by atoms with Crippen molar-refractivity contribution in [3.8, 4) is 0 Å². The molecule has 0 aromatic carbocycles. The van der Waals surface area contributed by atoms with Gasteiger partial charge in [0.15, 0.2) is 5.96 Å². The lowest BCUT2D eigenvalue weighted by Crippen LogP contribution is -2.39. The molecular weight excluding hydrogens is 236 g/mol. The van der Waals surface area contributed by atoms with E-state index in [1.165, 1.54) is 0 Å². The number of rotatable bonds is 5. The number of hydrogen-bond donors (Lipinski definition) is 6. The molecular formula is C10H24N6O2. The largest absolute Gasteiger partial charge is 0.480 e. The van der Waals surface area contributed by atoms with Gasteiger partial charge in [0.05, 0.1) is 0 Å². The summed E-state index contributed by atoms with van der Waals surface area (Å²) in [7, 11) is 0. The fraction of sp³-hybridized carbons (Fsp3) is 0.800. The maximum absolute atomic E-state index is 10.2. The highest BCUT2D eigenvalue weighted by Crippen LogP contribution is 1.94. The minimum absolute atomic E-state index is 0.0129. The number of aliphatic imine (C=N–C) groups is 1. The van der Waals surface area contributed by atoms with Gasteiger partial charge < -0.3 is 32.9 Å². The molecule has 1 rings (SSSR count). The van der Waals surface area contributed by atoms with Gasteiger partial charge in [-0.05, 0) is 12.8 Å². The van der Waals surface area contributed by atoms with Gasteiger partial charge in [0, 0.05) is 32.7 Å². The van der Waals surface area contributed by atoms with Crippen LogP contribution < -0.4 is 27.8 Å². The van der Waals surface area contributed by atoms with Crippen LogP contribution in [-0.4, -0.2) is 55.8 Å². The summed E-state index contributed by atoms with van der Waals surface area (Å²) in [5.74, 6) is -0.987. The Bertz CT molecular complexity index is 239. The van der Waals surface area contributed by atoms with E-state index in [-0.39, 0.29) is 5.96 Å². The second-order valence-electron chi connectivity index (χ2n) is 3.89. The molecule has 0 saturated carbocycles. The van der Waals surface area contributed by atoms with Crippen molar-refractivity contribution in [1.29, 1.82) is 0 Å². The third-order valence-corrected chi connectivity index (χ3v) is 2.24. The third-order valence-electron chi connectivity index (χ3n) is 2.24. The van der Waals surface area contributed by atoms with E-state index in [1.54, 1.807) is 0 Å². The second-order valence-corrected chi connectivity index (χ2v) is 3.89. The Balaban J connectivity index is 0.000000397. The topological polar surface area (TPSA) is 152 Å². The van der Waals surface area contributed by atoms with Crippen LogP contribution in [0, 0.1) is 0 Å². The number of guanidine groups is 1. The Morgan fingerprint density at radius 3 is 2.06 bits per heavy atom. The van der Waals surface area contributed by atoms with Gasteiger partial charge >= 0.3 is 5.97 Å². The summed E-state index contributed by atoms with van der Waals surface area (Å²) in [5.41, 5.74) is 15.3. The SMILES string of the molecule is C1CNCCN1.NC(N)=NCCC[C@H](N)C(=O)O. The smallest absolute Gasteiger partial charge is 0.320 e. The highest BCUT2D eigenvalue weighted by Gasteiger charge is 2.09. The first kappa shape index (κ1) is 16.6. The lowest BCUT2D eigenvalue weighted by Gasteiger charge is -2.11. The number of carboxylic acids is 1. The van der Waals surface area contributed by atoms with E-state index in [0.29, 0.717) is 19.4 Å². The molecule has 8 nitrogen and oxygen atoms in total. The van der Waals surface area contributed by atoms with Crippen LogP contribution in [0.5, 0.6) is 0 Å². The second kappa shape index (κ2) is 10.8. The van der Waals surface area contributed by atoms with Gasteiger partial charge in [0.2, 0.25) is 0 Å². The van der Waals surface area contributed by atoms with Crippen molar-refractivity contribution in [2.24, 2.45) is 22.2 Å². The molecule has 0 unspecified atom stereocenters. The maximum Gasteiger partial charge on any atom is 0.320 e. The Morgan fingerprint density at radius 2 is 1.72 bits per heavy atom. The third kappa shape index (κ3) is 11.1. The molecule has 106 valence electrons. The molecule has 0 aliphatic carbocycles. The van der Waals surface area contributed by atoms with Crippen LogP contribution in [0.25, 0.3) is 0 Å². The highest BCUT2D eigenvalue weighted by molar-refractivity contribution is 5.75. The van der Waals surface area contributed by atoms with Crippen molar-refractivity contribution in [1.82, 2.24) is 10.6 Å². The molecule has 0 bridgehead atoms. The molecule has 0 aromatic rings. The van der Waals surface area contributed by atoms with Crippen molar-refractivity contribution in [2.45, 2.75) is 18.9 Å². The van der Waals surface area contributed by atoms with E-state index in [4.69, 9.17) is 22.3 Å². The van der Waals surface area contributed by atoms with Crippen molar-refractivity contribution in [3.05, 3.63) is 0 Å². The predicted octanol–water partition coefficient (Wildman–Crippen LogP) is -2.37. The first-order valence-corrected chi connectivity index (χ1v) is 5.99. The van der Waals surface area contributed by atoms with Crippen molar-refractivity contribution < 1.29 is 9.90 Å². The molecule has 1 heterocycles. The van der Waals surface area contributed by atoms with Crippen LogP contribution >= 0.6 is 0 Å². The summed E-state index contributed by atoms with van der Waals surface area (Å²) >= 11 is 0. The van der Waals surface area contributed by atoms with Crippen molar-refractivity contribution >= 4 is 11.9 Å². The summed E-state index contributed by atoms with van der Waals surface area (Å²) in [6.45, 7) is 4.98. The molecule has 1 aliphatic rings. The van der Waals surface area contributed by atoms with Gasteiger partial charge in [-0.25, -0.2) is 0 Å². The Hall–Kier alpha value is -1.38. The van der Waals surface area contributed by atoms with Crippen LogP contribution in [-0.2, 0) is 4.79 Å². The lowest BCUT2D eigenvalue weighted by atomic mass is 10.2. The molecule has 0 spiro atoms. The van der Waals surface area contributed by atoms with Gasteiger partial charge in [-0.1, -0.05) is 0 Å². The molecule has 0 radical (unpaired) electrons. The van der Waals surface area contributed by atoms with Crippen molar-refractivity contribution in [3.63, 3.8) is 0 Å². The quantitative estimate of drug-likeness (QED) is 0.183. The Labute approximate surface area is 107 Å². The molecule has 1 atom stereocenters. The monoisotopic (exact) mass is 260 g/mol. The normalized spacial score (nSPS) is 16.1. The van der Waals surface area contributed by atoms with Gasteiger partial charge in [-0.2, -0.15) is 0 Å². The average molecular weight is 260 g/mol. The van der Waals surface area contributed by atoms with Gasteiger partial charge in [-0.15, -0.1) is 0 Å². The summed E-state index contributed by atoms with van der Waals surface area (Å²) in [6, 6.07) is -0.820. The predicted molar refractivity (Wildman–Crippen MR) is 71.3 cm³/mol.